The Morgan fingerprint density at radius 2 is 1.70 bits per heavy atom. The summed E-state index contributed by atoms with van der Waals surface area (Å²) in [7, 11) is 1.73. The van der Waals surface area contributed by atoms with Gasteiger partial charge in [-0.15, -0.1) is 5.10 Å². The molecule has 9 heteroatoms. The maximum absolute atomic E-state index is 6.60. The van der Waals surface area contributed by atoms with Crippen molar-refractivity contribution in [3.63, 3.8) is 0 Å². The van der Waals surface area contributed by atoms with E-state index in [2.05, 4.69) is 9.80 Å². The van der Waals surface area contributed by atoms with Crippen LogP contribution in [0.3, 0.4) is 0 Å². The fourth-order valence-corrected chi connectivity index (χ4v) is 4.37. The summed E-state index contributed by atoms with van der Waals surface area (Å²) >= 11 is 6.58. The smallest absolute Gasteiger partial charge is 0.228 e. The largest absolute Gasteiger partial charge is 0.383 e. The van der Waals surface area contributed by atoms with Gasteiger partial charge in [0.15, 0.2) is 5.65 Å². The Labute approximate surface area is 197 Å². The molecule has 0 spiro atoms. The quantitative estimate of drug-likeness (QED) is 0.468. The molecule has 33 heavy (non-hydrogen) atoms. The molecule has 3 heterocycles. The number of para-hydroxylation sites is 1. The zero-order chi connectivity index (χ0) is 22.8. The maximum Gasteiger partial charge on any atom is 0.228 e. The number of fused-ring (bicyclic) bond motifs is 1. The van der Waals surface area contributed by atoms with Crippen molar-refractivity contribution in [1.82, 2.24) is 24.6 Å². The molecular formula is C24H26ClN7O. The lowest BCUT2D eigenvalue weighted by Crippen LogP contribution is -2.47. The van der Waals surface area contributed by atoms with Gasteiger partial charge < -0.3 is 15.4 Å². The predicted molar refractivity (Wildman–Crippen MR) is 132 cm³/mol. The molecule has 1 aliphatic heterocycles. The minimum absolute atomic E-state index is 0.488. The van der Waals surface area contributed by atoms with Gasteiger partial charge in [0.2, 0.25) is 5.95 Å². The monoisotopic (exact) mass is 463 g/mol. The third-order valence-electron chi connectivity index (χ3n) is 5.95. The highest BCUT2D eigenvalue weighted by Gasteiger charge is 2.24. The van der Waals surface area contributed by atoms with E-state index in [1.807, 2.05) is 54.6 Å². The van der Waals surface area contributed by atoms with Crippen LogP contribution in [0, 0.1) is 0 Å². The zero-order valence-electron chi connectivity index (χ0n) is 18.5. The number of rotatable bonds is 6. The molecule has 0 saturated carbocycles. The number of methoxy groups -OCH3 is 1. The molecule has 0 amide bonds. The van der Waals surface area contributed by atoms with Gasteiger partial charge in [-0.2, -0.15) is 4.98 Å². The molecule has 5 rings (SSSR count). The van der Waals surface area contributed by atoms with Crippen molar-refractivity contribution < 1.29 is 4.74 Å². The first-order valence-corrected chi connectivity index (χ1v) is 11.4. The molecule has 4 aromatic rings. The number of anilines is 2. The normalized spacial score (nSPS) is 14.8. The number of nitrogens with two attached hydrogens (primary N) is 1. The van der Waals surface area contributed by atoms with Crippen molar-refractivity contribution in [2.75, 3.05) is 57.1 Å². The summed E-state index contributed by atoms with van der Waals surface area (Å²) in [6, 6.07) is 17.5. The van der Waals surface area contributed by atoms with Crippen LogP contribution >= 0.6 is 11.6 Å². The van der Waals surface area contributed by atoms with E-state index < -0.39 is 0 Å². The average molecular weight is 464 g/mol. The highest BCUT2D eigenvalue weighted by molar-refractivity contribution is 6.33. The number of aromatic nitrogens is 4. The molecule has 0 bridgehead atoms. The predicted octanol–water partition coefficient (Wildman–Crippen LogP) is 3.49. The fraction of sp³-hybridized carbons (Fsp3) is 0.292. The lowest BCUT2D eigenvalue weighted by molar-refractivity contribution is 0.144. The van der Waals surface area contributed by atoms with Gasteiger partial charge in [0, 0.05) is 50.4 Å². The molecule has 0 radical (unpaired) electrons. The first-order chi connectivity index (χ1) is 16.2. The van der Waals surface area contributed by atoms with Crippen LogP contribution in [-0.2, 0) is 4.74 Å². The molecule has 0 atom stereocenters. The molecule has 2 aromatic carbocycles. The van der Waals surface area contributed by atoms with E-state index in [0.29, 0.717) is 33.5 Å². The van der Waals surface area contributed by atoms with Gasteiger partial charge in [-0.25, -0.2) is 9.67 Å². The number of benzene rings is 2. The van der Waals surface area contributed by atoms with Gasteiger partial charge in [-0.05, 0) is 18.2 Å². The topological polar surface area (TPSA) is 85.3 Å². The van der Waals surface area contributed by atoms with Crippen molar-refractivity contribution in [2.45, 2.75) is 0 Å². The number of halogens is 1. The van der Waals surface area contributed by atoms with Crippen LogP contribution in [0.1, 0.15) is 0 Å². The van der Waals surface area contributed by atoms with E-state index >= 15 is 0 Å². The Kier molecular flexibility index (Phi) is 6.13. The average Bonchev–Trinajstić information content (AvgIpc) is 3.20. The molecule has 0 aliphatic carbocycles. The Bertz CT molecular complexity index is 1250. The summed E-state index contributed by atoms with van der Waals surface area (Å²) in [5.74, 6) is 1.13. The number of hydrogen-bond acceptors (Lipinski definition) is 7. The van der Waals surface area contributed by atoms with E-state index in [0.717, 1.165) is 50.6 Å². The van der Waals surface area contributed by atoms with Gasteiger partial charge in [0.25, 0.3) is 0 Å². The SMILES string of the molecule is COCCN1CCN(c2nc(-c3ccccc3Cl)c3c(N)n(-c4ccccc4)nc3n2)CC1. The molecule has 2 aromatic heterocycles. The van der Waals surface area contributed by atoms with Crippen molar-refractivity contribution in [3.05, 3.63) is 59.6 Å². The van der Waals surface area contributed by atoms with Crippen molar-refractivity contribution >= 4 is 34.4 Å². The highest BCUT2D eigenvalue weighted by Crippen LogP contribution is 2.36. The van der Waals surface area contributed by atoms with Gasteiger partial charge in [-0.1, -0.05) is 48.0 Å². The van der Waals surface area contributed by atoms with E-state index in [9.17, 15) is 0 Å². The molecule has 170 valence electrons. The van der Waals surface area contributed by atoms with E-state index in [4.69, 9.17) is 37.1 Å². The Hall–Kier alpha value is -3.20. The van der Waals surface area contributed by atoms with E-state index in [1.54, 1.807) is 11.8 Å². The van der Waals surface area contributed by atoms with Crippen LogP contribution < -0.4 is 10.6 Å². The molecule has 1 aliphatic rings. The minimum atomic E-state index is 0.488. The fourth-order valence-electron chi connectivity index (χ4n) is 4.15. The second-order valence-corrected chi connectivity index (χ2v) is 8.41. The molecule has 1 saturated heterocycles. The van der Waals surface area contributed by atoms with Gasteiger partial charge in [-0.3, -0.25) is 4.90 Å². The van der Waals surface area contributed by atoms with Crippen LogP contribution in [0.4, 0.5) is 11.8 Å². The van der Waals surface area contributed by atoms with Crippen LogP contribution in [0.15, 0.2) is 54.6 Å². The minimum Gasteiger partial charge on any atom is -0.383 e. The van der Waals surface area contributed by atoms with Gasteiger partial charge in [0.05, 0.1) is 23.4 Å². The molecular weight excluding hydrogens is 438 g/mol. The molecule has 1 fully saturated rings. The highest BCUT2D eigenvalue weighted by atomic mass is 35.5. The number of piperazine rings is 1. The lowest BCUT2D eigenvalue weighted by atomic mass is 10.1. The first-order valence-electron chi connectivity index (χ1n) is 11.0. The number of nitrogens with zero attached hydrogens (tertiary/aromatic N) is 6. The summed E-state index contributed by atoms with van der Waals surface area (Å²) in [5.41, 5.74) is 9.53. The summed E-state index contributed by atoms with van der Waals surface area (Å²) in [5, 5.41) is 6.07. The first kappa shape index (κ1) is 21.6. The summed E-state index contributed by atoms with van der Waals surface area (Å²) in [4.78, 5) is 14.4. The van der Waals surface area contributed by atoms with Crippen LogP contribution in [0.2, 0.25) is 5.02 Å². The van der Waals surface area contributed by atoms with E-state index in [1.165, 1.54) is 0 Å². The Morgan fingerprint density at radius 1 is 0.970 bits per heavy atom. The molecule has 2 N–H and O–H groups in total. The summed E-state index contributed by atoms with van der Waals surface area (Å²) in [6.07, 6.45) is 0. The molecule has 8 nitrogen and oxygen atoms in total. The zero-order valence-corrected chi connectivity index (χ0v) is 19.2. The van der Waals surface area contributed by atoms with Crippen molar-refractivity contribution in [1.29, 1.82) is 0 Å². The van der Waals surface area contributed by atoms with Crippen molar-refractivity contribution in [2.24, 2.45) is 0 Å². The number of nitrogen functional groups attached to an aromatic ring is 1. The summed E-state index contributed by atoms with van der Waals surface area (Å²) in [6.45, 7) is 5.15. The standard InChI is InChI=1S/C24H26ClN7O/c1-33-16-15-30-11-13-31(14-12-30)24-27-21(18-9-5-6-10-19(18)25)20-22(26)32(29-23(20)28-24)17-7-3-2-4-8-17/h2-10H,11-16,26H2,1H3. The van der Waals surface area contributed by atoms with Crippen LogP contribution in [-0.4, -0.2) is 71.1 Å². The summed E-state index contributed by atoms with van der Waals surface area (Å²) < 4.78 is 6.93. The van der Waals surface area contributed by atoms with Crippen LogP contribution in [0.5, 0.6) is 0 Å². The maximum atomic E-state index is 6.60. The van der Waals surface area contributed by atoms with Crippen molar-refractivity contribution in [3.8, 4) is 16.9 Å². The lowest BCUT2D eigenvalue weighted by Gasteiger charge is -2.34. The Balaban J connectivity index is 1.60. The third-order valence-corrected chi connectivity index (χ3v) is 6.28. The number of ether oxygens (including phenoxy) is 1. The third kappa shape index (κ3) is 4.25. The second-order valence-electron chi connectivity index (χ2n) is 8.00. The van der Waals surface area contributed by atoms with Gasteiger partial charge >= 0.3 is 0 Å². The van der Waals surface area contributed by atoms with Gasteiger partial charge in [0.1, 0.15) is 5.82 Å². The molecule has 0 unspecified atom stereocenters. The Morgan fingerprint density at radius 3 is 2.42 bits per heavy atom. The van der Waals surface area contributed by atoms with E-state index in [-0.39, 0.29) is 0 Å². The van der Waals surface area contributed by atoms with Crippen LogP contribution in [0.25, 0.3) is 28.0 Å². The number of hydrogen-bond donors (Lipinski definition) is 1. The second kappa shape index (κ2) is 9.35.